The molecule has 10 heteroatoms. The third-order valence-electron chi connectivity index (χ3n) is 8.82. The van der Waals surface area contributed by atoms with Crippen LogP contribution in [0.4, 0.5) is 4.79 Å². The molecule has 10 nitrogen and oxygen atoms in total. The number of nitrogens with zero attached hydrogens (tertiary/aromatic N) is 2. The van der Waals surface area contributed by atoms with Gasteiger partial charge in [-0.3, -0.25) is 14.6 Å². The number of rotatable bonds is 16. The molecule has 51 heavy (non-hydrogen) atoms. The molecule has 0 saturated heterocycles. The van der Waals surface area contributed by atoms with Gasteiger partial charge < -0.3 is 30.1 Å². The van der Waals surface area contributed by atoms with Crippen LogP contribution in [0.3, 0.4) is 0 Å². The molecule has 0 fully saturated rings. The number of nitrogens with one attached hydrogen (secondary N) is 2. The molecule has 5 rings (SSSR count). The number of pyridine rings is 1. The maximum Gasteiger partial charge on any atom is 0.405 e. The van der Waals surface area contributed by atoms with Crippen molar-refractivity contribution in [3.05, 3.63) is 150 Å². The largest absolute Gasteiger partial charge is 0.465 e. The number of carbonyl (C=O) groups excluding carboxylic acids is 2. The smallest absolute Gasteiger partial charge is 0.405 e. The van der Waals surface area contributed by atoms with Crippen LogP contribution in [0.1, 0.15) is 49.4 Å². The van der Waals surface area contributed by atoms with E-state index in [1.165, 1.54) is 4.90 Å². The van der Waals surface area contributed by atoms with Crippen LogP contribution in [0, 0.1) is 0 Å². The number of benzene rings is 4. The van der Waals surface area contributed by atoms with Gasteiger partial charge in [0.1, 0.15) is 11.6 Å². The molecule has 2 atom stereocenters. The van der Waals surface area contributed by atoms with Gasteiger partial charge in [0.05, 0.1) is 18.0 Å². The third-order valence-corrected chi connectivity index (χ3v) is 8.82. The van der Waals surface area contributed by atoms with Crippen LogP contribution < -0.4 is 10.6 Å². The summed E-state index contributed by atoms with van der Waals surface area (Å²) in [6, 6.07) is 36.0. The average Bonchev–Trinajstić information content (AvgIpc) is 3.16. The monoisotopic (exact) mass is 688 g/mol. The Kier molecular flexibility index (Phi) is 12.5. The molecular weight excluding hydrogens is 644 g/mol. The van der Waals surface area contributed by atoms with Gasteiger partial charge in [0.15, 0.2) is 6.29 Å². The van der Waals surface area contributed by atoms with Crippen molar-refractivity contribution < 1.29 is 29.0 Å². The van der Waals surface area contributed by atoms with Gasteiger partial charge in [-0.2, -0.15) is 0 Å². The first-order valence-electron chi connectivity index (χ1n) is 17.1. The van der Waals surface area contributed by atoms with E-state index < -0.39 is 48.2 Å². The number of ether oxygens (including phenoxy) is 2. The highest BCUT2D eigenvalue weighted by Gasteiger charge is 2.40. The second kappa shape index (κ2) is 17.4. The van der Waals surface area contributed by atoms with E-state index in [-0.39, 0.29) is 6.54 Å². The SMILES string of the molecule is CCOC(OCC)[C@H](C)N(Cc1cccc2cccnc12)C(=O)[C@H](CC(=O)NC(c1ccccc1)(c1ccccc1)c1ccccc1)NC(=O)O. The molecule has 4 aromatic carbocycles. The second-order valence-electron chi connectivity index (χ2n) is 12.1. The van der Waals surface area contributed by atoms with Gasteiger partial charge in [-0.05, 0) is 49.1 Å². The van der Waals surface area contributed by atoms with Gasteiger partial charge in [-0.15, -0.1) is 0 Å². The van der Waals surface area contributed by atoms with Crippen LogP contribution in [0.25, 0.3) is 10.9 Å². The minimum Gasteiger partial charge on any atom is -0.465 e. The fourth-order valence-electron chi connectivity index (χ4n) is 6.48. The molecule has 0 aliphatic rings. The zero-order valence-electron chi connectivity index (χ0n) is 29.1. The number of aromatic nitrogens is 1. The Morgan fingerprint density at radius 2 is 1.29 bits per heavy atom. The molecule has 264 valence electrons. The molecule has 0 spiro atoms. The van der Waals surface area contributed by atoms with E-state index in [2.05, 4.69) is 15.6 Å². The van der Waals surface area contributed by atoms with Crippen molar-refractivity contribution in [2.45, 2.75) is 57.6 Å². The lowest BCUT2D eigenvalue weighted by molar-refractivity contribution is -0.179. The van der Waals surface area contributed by atoms with Gasteiger partial charge in [-0.25, -0.2) is 4.79 Å². The maximum atomic E-state index is 14.7. The summed E-state index contributed by atoms with van der Waals surface area (Å²) in [5.74, 6) is -1.15. The van der Waals surface area contributed by atoms with E-state index in [0.717, 1.165) is 27.6 Å². The maximum absolute atomic E-state index is 14.7. The lowest BCUT2D eigenvalue weighted by Crippen LogP contribution is -2.56. The van der Waals surface area contributed by atoms with Crippen molar-refractivity contribution in [2.24, 2.45) is 0 Å². The van der Waals surface area contributed by atoms with E-state index in [1.54, 1.807) is 13.1 Å². The Bertz CT molecular complexity index is 1780. The molecular formula is C41H44N4O6. The van der Waals surface area contributed by atoms with Crippen molar-refractivity contribution in [3.63, 3.8) is 0 Å². The minimum atomic E-state index is -1.45. The number of carboxylic acid groups (broad SMARTS) is 1. The number of carbonyl (C=O) groups is 3. The van der Waals surface area contributed by atoms with Gasteiger partial charge in [-0.1, -0.05) is 115 Å². The number of para-hydroxylation sites is 1. The van der Waals surface area contributed by atoms with Crippen molar-refractivity contribution in [3.8, 4) is 0 Å². The second-order valence-corrected chi connectivity index (χ2v) is 12.1. The summed E-state index contributed by atoms with van der Waals surface area (Å²) >= 11 is 0. The lowest BCUT2D eigenvalue weighted by atomic mass is 9.77. The summed E-state index contributed by atoms with van der Waals surface area (Å²) in [5.41, 5.74) is 2.66. The minimum absolute atomic E-state index is 0.0619. The Labute approximate surface area is 298 Å². The predicted molar refractivity (Wildman–Crippen MR) is 196 cm³/mol. The fourth-order valence-corrected chi connectivity index (χ4v) is 6.48. The Morgan fingerprint density at radius 1 is 0.765 bits per heavy atom. The topological polar surface area (TPSA) is 130 Å². The van der Waals surface area contributed by atoms with Crippen LogP contribution in [0.2, 0.25) is 0 Å². The first-order chi connectivity index (χ1) is 24.8. The standard InChI is InChI=1S/C41H44N4O6/c1-4-50-39(51-5-2)29(3)45(28-31-18-15-17-30-19-16-26-42-37(30)31)38(47)35(43-40(48)49)27-36(46)44-41(32-20-9-6-10-21-32,33-22-11-7-12-23-33)34-24-13-8-14-25-34/h6-26,29,35,39,43H,4-5,27-28H2,1-3H3,(H,44,46)(H,48,49)/t29-,35-/m0/s1. The summed E-state index contributed by atoms with van der Waals surface area (Å²) < 4.78 is 11.8. The highest BCUT2D eigenvalue weighted by atomic mass is 16.7. The van der Waals surface area contributed by atoms with E-state index in [9.17, 15) is 19.5 Å². The fraction of sp³-hybridized carbons (Fsp3) is 0.268. The molecule has 1 aromatic heterocycles. The molecule has 0 bridgehead atoms. The number of amides is 3. The predicted octanol–water partition coefficient (Wildman–Crippen LogP) is 6.49. The summed E-state index contributed by atoms with van der Waals surface area (Å²) in [5, 5.41) is 16.4. The van der Waals surface area contributed by atoms with E-state index >= 15 is 0 Å². The molecule has 0 radical (unpaired) electrons. The first kappa shape index (κ1) is 36.7. The van der Waals surface area contributed by atoms with Crippen LogP contribution in [0.15, 0.2) is 128 Å². The average molecular weight is 689 g/mol. The number of hydrogen-bond acceptors (Lipinski definition) is 6. The molecule has 5 aromatic rings. The van der Waals surface area contributed by atoms with Gasteiger partial charge in [0, 0.05) is 31.3 Å². The number of hydrogen-bond donors (Lipinski definition) is 3. The van der Waals surface area contributed by atoms with E-state index in [0.29, 0.717) is 18.7 Å². The molecule has 0 saturated carbocycles. The zero-order chi connectivity index (χ0) is 36.2. The lowest BCUT2D eigenvalue weighted by Gasteiger charge is -2.38. The Balaban J connectivity index is 1.55. The van der Waals surface area contributed by atoms with Crippen molar-refractivity contribution in [2.75, 3.05) is 13.2 Å². The summed E-state index contributed by atoms with van der Waals surface area (Å²) in [6.07, 6.45) is -1.05. The van der Waals surface area contributed by atoms with Gasteiger partial charge in [0.25, 0.3) is 0 Å². The highest BCUT2D eigenvalue weighted by Crippen LogP contribution is 2.37. The zero-order valence-corrected chi connectivity index (χ0v) is 29.1. The molecule has 3 amide bonds. The van der Waals surface area contributed by atoms with Crippen molar-refractivity contribution in [1.29, 1.82) is 0 Å². The van der Waals surface area contributed by atoms with Gasteiger partial charge >= 0.3 is 6.09 Å². The quantitative estimate of drug-likeness (QED) is 0.0799. The summed E-state index contributed by atoms with van der Waals surface area (Å²) in [7, 11) is 0. The Hall–Kier alpha value is -5.58. The number of fused-ring (bicyclic) bond motifs is 1. The van der Waals surface area contributed by atoms with Crippen LogP contribution in [-0.2, 0) is 31.1 Å². The van der Waals surface area contributed by atoms with Gasteiger partial charge in [0.2, 0.25) is 11.8 Å². The van der Waals surface area contributed by atoms with Crippen molar-refractivity contribution >= 4 is 28.8 Å². The molecule has 0 aliphatic carbocycles. The third kappa shape index (κ3) is 8.60. The van der Waals surface area contributed by atoms with Crippen molar-refractivity contribution in [1.82, 2.24) is 20.5 Å². The first-order valence-corrected chi connectivity index (χ1v) is 17.1. The Morgan fingerprint density at radius 3 is 1.80 bits per heavy atom. The van der Waals surface area contributed by atoms with E-state index in [1.807, 2.05) is 135 Å². The molecule has 1 heterocycles. The summed E-state index contributed by atoms with van der Waals surface area (Å²) in [6.45, 7) is 6.16. The molecule has 3 N–H and O–H groups in total. The summed E-state index contributed by atoms with van der Waals surface area (Å²) in [4.78, 5) is 47.3. The highest BCUT2D eigenvalue weighted by molar-refractivity contribution is 5.92. The van der Waals surface area contributed by atoms with Crippen LogP contribution in [0.5, 0.6) is 0 Å². The normalized spacial score (nSPS) is 12.6. The van der Waals surface area contributed by atoms with Crippen LogP contribution in [-0.4, -0.2) is 64.5 Å². The van der Waals surface area contributed by atoms with Crippen LogP contribution >= 0.6 is 0 Å². The molecule has 0 unspecified atom stereocenters. The molecule has 0 aliphatic heterocycles. The van der Waals surface area contributed by atoms with E-state index in [4.69, 9.17) is 9.47 Å².